The summed E-state index contributed by atoms with van der Waals surface area (Å²) in [5, 5.41) is 8.03. The molecule has 4 nitrogen and oxygen atoms in total. The second kappa shape index (κ2) is 3.46. The molecule has 1 aliphatic carbocycles. The van der Waals surface area contributed by atoms with Crippen LogP contribution in [-0.2, 0) is 0 Å². The van der Waals surface area contributed by atoms with Crippen LogP contribution < -0.4 is 5.73 Å². The van der Waals surface area contributed by atoms with E-state index >= 15 is 0 Å². The SMILES string of the molecule is C[C@H](N)c1cnnn1C1CCCC1. The fourth-order valence-corrected chi connectivity index (χ4v) is 2.01. The fraction of sp³-hybridized carbons (Fsp3) is 0.778. The number of hydrogen-bond acceptors (Lipinski definition) is 3. The number of hydrogen-bond donors (Lipinski definition) is 1. The molecule has 0 radical (unpaired) electrons. The van der Waals surface area contributed by atoms with Crippen LogP contribution in [0, 0.1) is 0 Å². The van der Waals surface area contributed by atoms with E-state index < -0.39 is 0 Å². The summed E-state index contributed by atoms with van der Waals surface area (Å²) in [6.07, 6.45) is 6.85. The maximum absolute atomic E-state index is 5.83. The highest BCUT2D eigenvalue weighted by atomic mass is 15.4. The van der Waals surface area contributed by atoms with Crippen molar-refractivity contribution in [3.05, 3.63) is 11.9 Å². The Morgan fingerprint density at radius 3 is 2.85 bits per heavy atom. The van der Waals surface area contributed by atoms with Crippen LogP contribution in [0.2, 0.25) is 0 Å². The number of nitrogens with two attached hydrogens (primary N) is 1. The van der Waals surface area contributed by atoms with Gasteiger partial charge in [-0.1, -0.05) is 18.1 Å². The zero-order valence-corrected chi connectivity index (χ0v) is 7.98. The van der Waals surface area contributed by atoms with Gasteiger partial charge in [-0.15, -0.1) is 5.10 Å². The maximum Gasteiger partial charge on any atom is 0.0754 e. The highest BCUT2D eigenvalue weighted by Gasteiger charge is 2.21. The van der Waals surface area contributed by atoms with Gasteiger partial charge >= 0.3 is 0 Å². The second-order valence-electron chi connectivity index (χ2n) is 3.83. The lowest BCUT2D eigenvalue weighted by molar-refractivity contribution is 0.429. The van der Waals surface area contributed by atoms with Gasteiger partial charge in [-0.05, 0) is 19.8 Å². The average Bonchev–Trinajstić information content (AvgIpc) is 2.74. The van der Waals surface area contributed by atoms with Gasteiger partial charge in [-0.2, -0.15) is 0 Å². The molecular weight excluding hydrogens is 164 g/mol. The normalized spacial score (nSPS) is 20.8. The molecule has 72 valence electrons. The van der Waals surface area contributed by atoms with Gasteiger partial charge in [0, 0.05) is 6.04 Å². The lowest BCUT2D eigenvalue weighted by atomic mass is 10.2. The van der Waals surface area contributed by atoms with Crippen molar-refractivity contribution in [2.75, 3.05) is 0 Å². The molecule has 0 unspecified atom stereocenters. The van der Waals surface area contributed by atoms with E-state index in [0.29, 0.717) is 6.04 Å². The maximum atomic E-state index is 5.83. The molecule has 0 aromatic carbocycles. The molecule has 0 bridgehead atoms. The van der Waals surface area contributed by atoms with Crippen LogP contribution in [-0.4, -0.2) is 15.0 Å². The smallest absolute Gasteiger partial charge is 0.0754 e. The Labute approximate surface area is 78.1 Å². The summed E-state index contributed by atoms with van der Waals surface area (Å²) in [5.74, 6) is 0. The van der Waals surface area contributed by atoms with Crippen LogP contribution in [0.25, 0.3) is 0 Å². The molecule has 1 aromatic heterocycles. The third-order valence-electron chi connectivity index (χ3n) is 2.74. The Kier molecular flexibility index (Phi) is 2.31. The van der Waals surface area contributed by atoms with E-state index in [4.69, 9.17) is 5.73 Å². The van der Waals surface area contributed by atoms with Gasteiger partial charge in [0.1, 0.15) is 0 Å². The van der Waals surface area contributed by atoms with E-state index in [0.717, 1.165) is 5.69 Å². The summed E-state index contributed by atoms with van der Waals surface area (Å²) in [4.78, 5) is 0. The number of rotatable bonds is 2. The van der Waals surface area contributed by atoms with Gasteiger partial charge in [0.25, 0.3) is 0 Å². The lowest BCUT2D eigenvalue weighted by Gasteiger charge is -2.14. The Balaban J connectivity index is 2.23. The van der Waals surface area contributed by atoms with Crippen molar-refractivity contribution in [1.82, 2.24) is 15.0 Å². The molecule has 0 spiro atoms. The summed E-state index contributed by atoms with van der Waals surface area (Å²) in [7, 11) is 0. The van der Waals surface area contributed by atoms with Crippen LogP contribution in [0.15, 0.2) is 6.20 Å². The minimum atomic E-state index is 0.0376. The first-order valence-corrected chi connectivity index (χ1v) is 4.94. The van der Waals surface area contributed by atoms with Crippen molar-refractivity contribution < 1.29 is 0 Å². The Hall–Kier alpha value is -0.900. The van der Waals surface area contributed by atoms with Gasteiger partial charge in [-0.25, -0.2) is 4.68 Å². The van der Waals surface area contributed by atoms with Crippen LogP contribution in [0.4, 0.5) is 0 Å². The lowest BCUT2D eigenvalue weighted by Crippen LogP contribution is -2.16. The van der Waals surface area contributed by atoms with Crippen LogP contribution in [0.1, 0.15) is 50.4 Å². The average molecular weight is 180 g/mol. The van der Waals surface area contributed by atoms with Crippen molar-refractivity contribution in [1.29, 1.82) is 0 Å². The van der Waals surface area contributed by atoms with Crippen molar-refractivity contribution in [2.24, 2.45) is 5.73 Å². The zero-order valence-electron chi connectivity index (χ0n) is 7.98. The summed E-state index contributed by atoms with van der Waals surface area (Å²) in [6.45, 7) is 1.98. The first-order valence-electron chi connectivity index (χ1n) is 4.94. The summed E-state index contributed by atoms with van der Waals surface area (Å²) < 4.78 is 2.01. The summed E-state index contributed by atoms with van der Waals surface area (Å²) in [5.41, 5.74) is 6.89. The quantitative estimate of drug-likeness (QED) is 0.748. The predicted octanol–water partition coefficient (Wildman–Crippen LogP) is 1.41. The first-order chi connectivity index (χ1) is 6.29. The molecule has 0 saturated heterocycles. The topological polar surface area (TPSA) is 56.7 Å². The highest BCUT2D eigenvalue weighted by Crippen LogP contribution is 2.30. The Morgan fingerprint density at radius 1 is 1.54 bits per heavy atom. The van der Waals surface area contributed by atoms with Gasteiger partial charge in [0.2, 0.25) is 0 Å². The van der Waals surface area contributed by atoms with Gasteiger partial charge in [-0.3, -0.25) is 0 Å². The van der Waals surface area contributed by atoms with E-state index in [1.54, 1.807) is 6.20 Å². The third kappa shape index (κ3) is 1.58. The molecule has 13 heavy (non-hydrogen) atoms. The molecule has 1 atom stereocenters. The van der Waals surface area contributed by atoms with Crippen molar-refractivity contribution in [3.8, 4) is 0 Å². The molecule has 2 rings (SSSR count). The van der Waals surface area contributed by atoms with Gasteiger partial charge in [0.05, 0.1) is 17.9 Å². The fourth-order valence-electron chi connectivity index (χ4n) is 2.01. The molecule has 1 aliphatic rings. The minimum absolute atomic E-state index is 0.0376. The molecule has 0 aliphatic heterocycles. The largest absolute Gasteiger partial charge is 0.323 e. The zero-order chi connectivity index (χ0) is 9.26. The van der Waals surface area contributed by atoms with Crippen LogP contribution in [0.3, 0.4) is 0 Å². The van der Waals surface area contributed by atoms with Gasteiger partial charge in [0.15, 0.2) is 0 Å². The van der Waals surface area contributed by atoms with Crippen molar-refractivity contribution in [2.45, 2.75) is 44.7 Å². The van der Waals surface area contributed by atoms with Crippen molar-refractivity contribution >= 4 is 0 Å². The molecule has 1 aromatic rings. The summed E-state index contributed by atoms with van der Waals surface area (Å²) >= 11 is 0. The molecule has 2 N–H and O–H groups in total. The van der Waals surface area contributed by atoms with E-state index in [1.165, 1.54) is 25.7 Å². The van der Waals surface area contributed by atoms with E-state index in [1.807, 2.05) is 11.6 Å². The molecule has 1 heterocycles. The number of nitrogens with zero attached hydrogens (tertiary/aromatic N) is 3. The molecule has 4 heteroatoms. The molecule has 1 fully saturated rings. The predicted molar refractivity (Wildman–Crippen MR) is 50.1 cm³/mol. The van der Waals surface area contributed by atoms with Crippen LogP contribution >= 0.6 is 0 Å². The highest BCUT2D eigenvalue weighted by molar-refractivity contribution is 5.01. The third-order valence-corrected chi connectivity index (χ3v) is 2.74. The Morgan fingerprint density at radius 2 is 2.23 bits per heavy atom. The molecule has 1 saturated carbocycles. The van der Waals surface area contributed by atoms with Gasteiger partial charge < -0.3 is 5.73 Å². The molecule has 0 amide bonds. The second-order valence-corrected chi connectivity index (χ2v) is 3.83. The standard InChI is InChI=1S/C9H16N4/c1-7(10)9-6-11-12-13(9)8-4-2-3-5-8/h6-8H,2-5,10H2,1H3/t7-/m0/s1. The molecular formula is C9H16N4. The Bertz CT molecular complexity index is 273. The minimum Gasteiger partial charge on any atom is -0.323 e. The number of aromatic nitrogens is 3. The van der Waals surface area contributed by atoms with E-state index in [-0.39, 0.29) is 6.04 Å². The monoisotopic (exact) mass is 180 g/mol. The first kappa shape index (κ1) is 8.69. The van der Waals surface area contributed by atoms with Crippen molar-refractivity contribution in [3.63, 3.8) is 0 Å². The van der Waals surface area contributed by atoms with Crippen LogP contribution in [0.5, 0.6) is 0 Å². The van der Waals surface area contributed by atoms with E-state index in [2.05, 4.69) is 10.3 Å². The summed E-state index contributed by atoms with van der Waals surface area (Å²) in [6, 6.07) is 0.582. The van der Waals surface area contributed by atoms with E-state index in [9.17, 15) is 0 Å².